The second kappa shape index (κ2) is 86.7. The minimum absolute atomic E-state index is 0. The van der Waals surface area contributed by atoms with Crippen molar-refractivity contribution >= 4 is 44.1 Å². The van der Waals surface area contributed by atoms with E-state index < -0.39 is 0 Å². The molecule has 294 valence electrons. The molecule has 5 heterocycles. The van der Waals surface area contributed by atoms with Gasteiger partial charge in [0.15, 0.2) is 0 Å². The maximum absolute atomic E-state index is 4.94. The Balaban J connectivity index is -0.0000000417. The van der Waals surface area contributed by atoms with Crippen LogP contribution in [0.4, 0.5) is 0 Å². The summed E-state index contributed by atoms with van der Waals surface area (Å²) in [5.74, 6) is 1.85. The molecule has 0 spiro atoms. The van der Waals surface area contributed by atoms with E-state index in [4.69, 9.17) is 39.9 Å². The van der Waals surface area contributed by atoms with Crippen molar-refractivity contribution in [1.82, 2.24) is 39.9 Å². The Morgan fingerprint density at radius 2 is 0.486 bits per heavy atom. The molecule has 0 amide bonds. The van der Waals surface area contributed by atoms with Crippen LogP contribution < -0.4 is 9.97 Å². The van der Waals surface area contributed by atoms with E-state index >= 15 is 0 Å². The summed E-state index contributed by atoms with van der Waals surface area (Å²) < 4.78 is 0. The Kier molecular flexibility index (Phi) is 193. The second-order valence-corrected chi connectivity index (χ2v) is 10.0. The van der Waals surface area contributed by atoms with Crippen molar-refractivity contribution in [2.75, 3.05) is 0 Å². The minimum Gasteiger partial charge on any atom is -0.476 e. The minimum atomic E-state index is 0. The first-order valence-corrected chi connectivity index (χ1v) is 13.2. The van der Waals surface area contributed by atoms with Gasteiger partial charge in [-0.3, -0.25) is 0 Å². The van der Waals surface area contributed by atoms with Crippen molar-refractivity contribution in [1.29, 1.82) is 0 Å². The number of aryl methyl sites for hydroxylation is 2. The quantitative estimate of drug-likeness (QED) is 0.146. The molecule has 72 heavy (non-hydrogen) atoms. The van der Waals surface area contributed by atoms with E-state index in [1.165, 1.54) is 0 Å². The number of nitrogens with zero attached hydrogens (tertiary/aromatic N) is 8. The summed E-state index contributed by atoms with van der Waals surface area (Å²) in [5, 5.41) is 2.74. The van der Waals surface area contributed by atoms with E-state index in [-0.39, 0.29) is 966 Å². The molecule has 0 N–H and O–H groups in total. The van der Waals surface area contributed by atoms with Gasteiger partial charge in [0.2, 0.25) is 0 Å². The summed E-state index contributed by atoms with van der Waals surface area (Å²) in [4.78, 5) is 39.0. The SMILES string of the molecule is Cc1cc[c-]c2c1-c1nc-2nc2[n-]c(nc3nc(nc4[n-]c(n1)c1[c-]cc[c-]c41)-c1c-3[c-]ccc1C)c1[c-]cc[c-]c21.[Cu+2].[Y].[Y].[Y].[Y].[Y].[Y].[Y].[Y].[Y].[Y].[Y].[Y].[Y].[Y].[Y].[Y].[Y].[Y].[Y].[Y].[Y].[Y].[Y].[Y].[Y].[Y].[Y].[Y].[Y]. The number of rotatable bonds is 0. The first kappa shape index (κ1) is 160. The predicted molar refractivity (Wildman–Crippen MR) is 156 cm³/mol. The van der Waals surface area contributed by atoms with Gasteiger partial charge in [-0.25, -0.2) is 70.1 Å². The van der Waals surface area contributed by atoms with E-state index in [2.05, 4.69) is 36.4 Å². The smallest absolute Gasteiger partial charge is 0.476 e. The fourth-order valence-corrected chi connectivity index (χ4v) is 5.53. The van der Waals surface area contributed by atoms with Gasteiger partial charge >= 0.3 is 17.1 Å². The molecular weight excluding hydrogens is 3160 g/mol. The van der Waals surface area contributed by atoms with Crippen LogP contribution in [0.25, 0.3) is 89.7 Å². The third-order valence-electron chi connectivity index (χ3n) is 7.47. The molecule has 38 heteroatoms. The van der Waals surface area contributed by atoms with Crippen LogP contribution in [-0.4, -0.2) is 29.9 Å². The van der Waals surface area contributed by atoms with Crippen LogP contribution in [0.2, 0.25) is 0 Å². The van der Waals surface area contributed by atoms with Crippen LogP contribution in [0.1, 0.15) is 11.1 Å². The Labute approximate surface area is 1170 Å². The average Bonchev–Trinajstić information content (AvgIpc) is 3.73. The molecule has 8 bridgehead atoms. The zero-order chi connectivity index (χ0) is 27.9. The topological polar surface area (TPSA) is 106 Å². The zero-order valence-corrected chi connectivity index (χ0v) is 122. The Morgan fingerprint density at radius 1 is 0.278 bits per heavy atom. The van der Waals surface area contributed by atoms with Gasteiger partial charge in [0.05, 0.1) is 0 Å². The fraction of sp³-hybridized carbons (Fsp3) is 0.0588. The van der Waals surface area contributed by atoms with Crippen molar-refractivity contribution in [2.24, 2.45) is 0 Å². The largest absolute Gasteiger partial charge is 2.00 e. The predicted octanol–water partition coefficient (Wildman–Crippen LogP) is 5.47. The van der Waals surface area contributed by atoms with Gasteiger partial charge in [0.1, 0.15) is 0 Å². The molecule has 0 saturated carbocycles. The van der Waals surface area contributed by atoms with Crippen molar-refractivity contribution in [3.63, 3.8) is 0 Å². The molecule has 3 aromatic heterocycles. The maximum Gasteiger partial charge on any atom is 2.00 e. The van der Waals surface area contributed by atoms with Gasteiger partial charge in [0.25, 0.3) is 0 Å². The number of benzene rings is 4. The molecule has 0 atom stereocenters. The zero-order valence-electron chi connectivity index (χ0n) is 39.2. The summed E-state index contributed by atoms with van der Waals surface area (Å²) >= 11 is 0. The number of hydrogen-bond acceptors (Lipinski definition) is 6. The Bertz CT molecular complexity index is 2360. The number of hydrogen-bond donors (Lipinski definition) is 0. The third kappa shape index (κ3) is 44.8. The molecule has 7 aromatic rings. The van der Waals surface area contributed by atoms with Crippen LogP contribution >= 0.6 is 0 Å². The maximum atomic E-state index is 4.94. The van der Waals surface area contributed by atoms with Crippen LogP contribution in [0.5, 0.6) is 0 Å². The Morgan fingerprint density at radius 3 is 0.708 bits per heavy atom. The van der Waals surface area contributed by atoms with Gasteiger partial charge in [-0.05, 0) is 11.6 Å². The first-order chi connectivity index (χ1) is 20.6. The third-order valence-corrected chi connectivity index (χ3v) is 7.47. The molecule has 0 fully saturated rings. The molecule has 0 unspecified atom stereocenters. The Hall–Kier alpha value is 26.8. The molecule has 0 saturated heterocycles. The fourth-order valence-electron chi connectivity index (χ4n) is 5.53. The van der Waals surface area contributed by atoms with Crippen LogP contribution in [0.3, 0.4) is 0 Å². The summed E-state index contributed by atoms with van der Waals surface area (Å²) in [6, 6.07) is 34.5. The first-order valence-electron chi connectivity index (χ1n) is 13.2. The second-order valence-electron chi connectivity index (χ2n) is 10.0. The molecule has 2 aliphatic rings. The molecule has 30 radical (unpaired) electrons. The van der Waals surface area contributed by atoms with Gasteiger partial charge in [0, 0.05) is 960 Å². The molecule has 9 rings (SSSR count). The van der Waals surface area contributed by atoms with Gasteiger partial charge in [-0.2, -0.15) is 0 Å². The van der Waals surface area contributed by atoms with Gasteiger partial charge in [-0.1, -0.05) is 25.0 Å². The standard InChI is InChI=1S/C34H14N8.Cu.29Y/c1-17-9-7-15-23-25(17)33-39-29-21-13-5-6-14-22(21)30(36-29)40-34-26-18(2)10-8-16-24(26)32(42-34)38-28-20-12-4-3-11-19(20)27(35-28)37-31(23)41-33;;;;;;;;;;;;;;;;;;;;;;;;;;;;;;/h3-10H,1-2H3;;;;;;;;;;;;;;;;;;;;;;;;;;;;;;/q-8;+2;;;;;;;;;;;;;;;;;;;;;;;;;;;;;. The van der Waals surface area contributed by atoms with E-state index in [9.17, 15) is 0 Å². The van der Waals surface area contributed by atoms with E-state index in [1.54, 1.807) is 24.3 Å². The van der Waals surface area contributed by atoms with Crippen LogP contribution in [-0.2, 0) is 966 Å². The van der Waals surface area contributed by atoms with Crippen molar-refractivity contribution in [3.05, 3.63) is 96.1 Å². The van der Waals surface area contributed by atoms with Gasteiger partial charge in [-0.15, -0.1) is 81.2 Å². The van der Waals surface area contributed by atoms with Crippen molar-refractivity contribution in [2.45, 2.75) is 13.8 Å². The molecular formula is C34H14CuN8Y29-6. The summed E-state index contributed by atoms with van der Waals surface area (Å²) in [5.41, 5.74) is 6.87. The molecule has 2 aliphatic heterocycles. The number of fused-ring (bicyclic) bond motifs is 20. The normalized spacial score (nSPS) is 7.03. The molecule has 8 nitrogen and oxygen atoms in total. The van der Waals surface area contributed by atoms with Crippen LogP contribution in [0, 0.1) is 50.2 Å². The van der Waals surface area contributed by atoms with E-state index in [1.807, 2.05) is 38.1 Å². The van der Waals surface area contributed by atoms with Crippen molar-refractivity contribution in [3.8, 4) is 45.6 Å². The van der Waals surface area contributed by atoms with Crippen molar-refractivity contribution < 1.29 is 966 Å². The van der Waals surface area contributed by atoms with Crippen LogP contribution in [0.15, 0.2) is 48.5 Å². The average molecular weight is 3180 g/mol. The summed E-state index contributed by atoms with van der Waals surface area (Å²) in [6.07, 6.45) is 0. The molecule has 0 aliphatic carbocycles. The molecule has 4 aromatic carbocycles. The van der Waals surface area contributed by atoms with E-state index in [0.717, 1.165) is 33.4 Å². The summed E-state index contributed by atoms with van der Waals surface area (Å²) in [7, 11) is 0. The number of aromatic nitrogens is 8. The monoisotopic (exact) mass is 3180 g/mol. The van der Waals surface area contributed by atoms with E-state index in [0.29, 0.717) is 67.4 Å². The van der Waals surface area contributed by atoms with Gasteiger partial charge < -0.3 is 39.9 Å². The summed E-state index contributed by atoms with van der Waals surface area (Å²) in [6.45, 7) is 4.03.